The van der Waals surface area contributed by atoms with Crippen LogP contribution >= 0.6 is 11.3 Å². The summed E-state index contributed by atoms with van der Waals surface area (Å²) in [5.74, 6) is 0.926. The van der Waals surface area contributed by atoms with E-state index in [1.165, 1.54) is 11.3 Å². The van der Waals surface area contributed by atoms with Gasteiger partial charge in [-0.3, -0.25) is 10.1 Å². The Morgan fingerprint density at radius 1 is 1.09 bits per heavy atom. The monoisotopic (exact) mass is 325 g/mol. The molecule has 3 aromatic rings. The van der Waals surface area contributed by atoms with E-state index in [1.54, 1.807) is 24.4 Å². The van der Waals surface area contributed by atoms with E-state index in [4.69, 9.17) is 4.74 Å². The number of thiazole rings is 1. The Kier molecular flexibility index (Phi) is 4.54. The van der Waals surface area contributed by atoms with Gasteiger partial charge in [-0.2, -0.15) is 0 Å². The average molecular weight is 325 g/mol. The van der Waals surface area contributed by atoms with E-state index in [-0.39, 0.29) is 5.91 Å². The number of nitrogens with one attached hydrogen (secondary N) is 2. The van der Waals surface area contributed by atoms with Crippen molar-refractivity contribution in [3.05, 3.63) is 66.4 Å². The van der Waals surface area contributed by atoms with Crippen molar-refractivity contribution in [2.24, 2.45) is 0 Å². The van der Waals surface area contributed by atoms with Crippen LogP contribution in [0.25, 0.3) is 0 Å². The molecule has 6 heteroatoms. The van der Waals surface area contributed by atoms with Crippen molar-refractivity contribution in [3.63, 3.8) is 0 Å². The first-order valence-electron chi connectivity index (χ1n) is 7.03. The molecule has 0 saturated carbocycles. The number of para-hydroxylation sites is 2. The van der Waals surface area contributed by atoms with Crippen LogP contribution in [0.15, 0.2) is 60.8 Å². The molecule has 23 heavy (non-hydrogen) atoms. The van der Waals surface area contributed by atoms with Gasteiger partial charge in [0.25, 0.3) is 5.91 Å². The molecule has 2 aromatic carbocycles. The third-order valence-corrected chi connectivity index (χ3v) is 4.01. The molecule has 1 amide bonds. The van der Waals surface area contributed by atoms with Gasteiger partial charge in [0.1, 0.15) is 16.5 Å². The normalized spacial score (nSPS) is 10.1. The number of amides is 1. The zero-order chi connectivity index (χ0) is 16.1. The smallest absolute Gasteiger partial charge is 0.261 e. The van der Waals surface area contributed by atoms with Crippen LogP contribution < -0.4 is 15.4 Å². The molecule has 0 bridgehead atoms. The van der Waals surface area contributed by atoms with Crippen LogP contribution in [0, 0.1) is 0 Å². The maximum Gasteiger partial charge on any atom is 0.261 e. The van der Waals surface area contributed by atoms with Crippen molar-refractivity contribution in [2.75, 3.05) is 17.7 Å². The van der Waals surface area contributed by atoms with Gasteiger partial charge >= 0.3 is 0 Å². The van der Waals surface area contributed by atoms with Crippen molar-refractivity contribution < 1.29 is 9.53 Å². The molecular formula is C17H15N3O2S. The van der Waals surface area contributed by atoms with Gasteiger partial charge in [-0.1, -0.05) is 41.7 Å². The van der Waals surface area contributed by atoms with Crippen LogP contribution in [0.2, 0.25) is 0 Å². The first-order valence-corrected chi connectivity index (χ1v) is 7.85. The van der Waals surface area contributed by atoms with Crippen molar-refractivity contribution in [3.8, 4) is 11.5 Å². The van der Waals surface area contributed by atoms with Crippen LogP contribution in [0.4, 0.5) is 10.1 Å². The number of hydrogen-bond acceptors (Lipinski definition) is 5. The number of anilines is 2. The number of carbonyl (C=O) groups excluding carboxylic acids is 1. The highest BCUT2D eigenvalue weighted by Gasteiger charge is 2.14. The van der Waals surface area contributed by atoms with Gasteiger partial charge in [-0.05, 0) is 24.3 Å². The molecule has 0 aliphatic carbocycles. The second-order valence-electron chi connectivity index (χ2n) is 4.65. The van der Waals surface area contributed by atoms with Crippen LogP contribution in [-0.4, -0.2) is 17.9 Å². The highest BCUT2D eigenvalue weighted by molar-refractivity contribution is 7.19. The van der Waals surface area contributed by atoms with E-state index in [9.17, 15) is 4.79 Å². The molecule has 2 N–H and O–H groups in total. The van der Waals surface area contributed by atoms with Crippen LogP contribution in [0.3, 0.4) is 0 Å². The molecule has 3 rings (SSSR count). The Labute approximate surface area is 138 Å². The van der Waals surface area contributed by atoms with Gasteiger partial charge in [0.2, 0.25) is 0 Å². The van der Waals surface area contributed by atoms with E-state index in [1.807, 2.05) is 43.4 Å². The minimum absolute atomic E-state index is 0.256. The zero-order valence-corrected chi connectivity index (χ0v) is 13.3. The SMILES string of the molecule is CNc1cnc(NC(=O)c2ccccc2Oc2ccccc2)s1. The fourth-order valence-electron chi connectivity index (χ4n) is 1.97. The van der Waals surface area contributed by atoms with Crippen molar-refractivity contribution >= 4 is 27.4 Å². The summed E-state index contributed by atoms with van der Waals surface area (Å²) in [6.45, 7) is 0. The first kappa shape index (κ1) is 15.1. The fourth-order valence-corrected chi connectivity index (χ4v) is 2.64. The molecule has 0 spiro atoms. The Balaban J connectivity index is 1.80. The third kappa shape index (κ3) is 3.67. The molecule has 1 aromatic heterocycles. The lowest BCUT2D eigenvalue weighted by Crippen LogP contribution is -2.12. The van der Waals surface area contributed by atoms with Crippen LogP contribution in [0.1, 0.15) is 10.4 Å². The van der Waals surface area contributed by atoms with E-state index < -0.39 is 0 Å². The molecule has 5 nitrogen and oxygen atoms in total. The van der Waals surface area contributed by atoms with Crippen LogP contribution in [0.5, 0.6) is 11.5 Å². The molecule has 0 radical (unpaired) electrons. The fraction of sp³-hybridized carbons (Fsp3) is 0.0588. The predicted octanol–water partition coefficient (Wildman–Crippen LogP) is 4.23. The molecule has 1 heterocycles. The lowest BCUT2D eigenvalue weighted by atomic mass is 10.2. The summed E-state index contributed by atoms with van der Waals surface area (Å²) in [6, 6.07) is 16.5. The average Bonchev–Trinajstić information content (AvgIpc) is 3.04. The summed E-state index contributed by atoms with van der Waals surface area (Å²) < 4.78 is 5.80. The second kappa shape index (κ2) is 6.93. The maximum absolute atomic E-state index is 12.5. The summed E-state index contributed by atoms with van der Waals surface area (Å²) in [7, 11) is 1.81. The highest BCUT2D eigenvalue weighted by atomic mass is 32.1. The standard InChI is InChI=1S/C17H15N3O2S/c1-18-15-11-19-17(23-15)20-16(21)13-9-5-6-10-14(13)22-12-7-3-2-4-8-12/h2-11,18H,1H3,(H,19,20,21). The summed E-state index contributed by atoms with van der Waals surface area (Å²) >= 11 is 1.37. The lowest BCUT2D eigenvalue weighted by Gasteiger charge is -2.10. The van der Waals surface area contributed by atoms with Gasteiger partial charge in [-0.15, -0.1) is 0 Å². The van der Waals surface area contributed by atoms with E-state index in [0.29, 0.717) is 22.2 Å². The Bertz CT molecular complexity index is 802. The third-order valence-electron chi connectivity index (χ3n) is 3.08. The number of rotatable bonds is 5. The van der Waals surface area contributed by atoms with Crippen molar-refractivity contribution in [1.82, 2.24) is 4.98 Å². The quantitative estimate of drug-likeness (QED) is 0.737. The number of benzene rings is 2. The largest absolute Gasteiger partial charge is 0.457 e. The molecule has 0 atom stereocenters. The topological polar surface area (TPSA) is 63.2 Å². The summed E-state index contributed by atoms with van der Waals surface area (Å²) in [5.41, 5.74) is 0.456. The lowest BCUT2D eigenvalue weighted by molar-refractivity contribution is 0.102. The Morgan fingerprint density at radius 2 is 1.83 bits per heavy atom. The molecule has 0 aliphatic rings. The number of nitrogens with zero attached hydrogens (tertiary/aromatic N) is 1. The van der Waals surface area contributed by atoms with E-state index in [0.717, 1.165) is 5.00 Å². The molecule has 116 valence electrons. The minimum atomic E-state index is -0.256. The number of carbonyl (C=O) groups is 1. The zero-order valence-electron chi connectivity index (χ0n) is 12.4. The van der Waals surface area contributed by atoms with Crippen molar-refractivity contribution in [1.29, 1.82) is 0 Å². The van der Waals surface area contributed by atoms with Crippen LogP contribution in [-0.2, 0) is 0 Å². The maximum atomic E-state index is 12.5. The van der Waals surface area contributed by atoms with E-state index >= 15 is 0 Å². The minimum Gasteiger partial charge on any atom is -0.457 e. The van der Waals surface area contributed by atoms with Gasteiger partial charge in [-0.25, -0.2) is 4.98 Å². The van der Waals surface area contributed by atoms with Gasteiger partial charge < -0.3 is 10.1 Å². The van der Waals surface area contributed by atoms with E-state index in [2.05, 4.69) is 15.6 Å². The molecule has 0 unspecified atom stereocenters. The number of hydrogen-bond donors (Lipinski definition) is 2. The Hall–Kier alpha value is -2.86. The predicted molar refractivity (Wildman–Crippen MR) is 92.6 cm³/mol. The van der Waals surface area contributed by atoms with Gasteiger partial charge in [0.05, 0.1) is 11.8 Å². The van der Waals surface area contributed by atoms with Gasteiger partial charge in [0, 0.05) is 7.05 Å². The number of ether oxygens (including phenoxy) is 1. The second-order valence-corrected chi connectivity index (χ2v) is 5.68. The molecule has 0 aliphatic heterocycles. The summed E-state index contributed by atoms with van der Waals surface area (Å²) in [6.07, 6.45) is 1.67. The molecule has 0 saturated heterocycles. The first-order chi connectivity index (χ1) is 11.3. The summed E-state index contributed by atoms with van der Waals surface area (Å²) in [5, 5.41) is 7.19. The molecular weight excluding hydrogens is 310 g/mol. The summed E-state index contributed by atoms with van der Waals surface area (Å²) in [4.78, 5) is 16.6. The molecule has 0 fully saturated rings. The Morgan fingerprint density at radius 3 is 2.57 bits per heavy atom. The number of aromatic nitrogens is 1. The van der Waals surface area contributed by atoms with Gasteiger partial charge in [0.15, 0.2) is 5.13 Å². The highest BCUT2D eigenvalue weighted by Crippen LogP contribution is 2.27. The van der Waals surface area contributed by atoms with Crippen molar-refractivity contribution in [2.45, 2.75) is 0 Å².